The van der Waals surface area contributed by atoms with Crippen LogP contribution in [0.25, 0.3) is 98.8 Å². The summed E-state index contributed by atoms with van der Waals surface area (Å²) in [6.07, 6.45) is 0. The van der Waals surface area contributed by atoms with Crippen LogP contribution in [0.4, 0.5) is 0 Å². The molecule has 408 valence electrons. The third-order valence-corrected chi connectivity index (χ3v) is 13.3. The average molecular weight is 1100 g/mol. The van der Waals surface area contributed by atoms with Crippen LogP contribution >= 0.6 is 0 Å². The van der Waals surface area contributed by atoms with Gasteiger partial charge in [0.2, 0.25) is 74.7 Å². The van der Waals surface area contributed by atoms with Crippen molar-refractivity contribution in [3.05, 3.63) is 0 Å². The fourth-order valence-electron chi connectivity index (χ4n) is 9.72. The third-order valence-electron chi connectivity index (χ3n) is 13.3. The number of phenols is 30. The van der Waals surface area contributed by atoms with Gasteiger partial charge >= 0.3 is 0 Å². The molecule has 0 radical (unpaired) electrons. The zero-order valence-corrected chi connectivity index (χ0v) is 37.8. The van der Waals surface area contributed by atoms with Gasteiger partial charge in [0, 0.05) is 54.7 Å². The Morgan fingerprint density at radius 1 is 0.114 bits per heavy atom. The van der Waals surface area contributed by atoms with Crippen molar-refractivity contribution in [3.63, 3.8) is 0 Å². The lowest BCUT2D eigenvalue weighted by atomic mass is 9.79. The van der Waals surface area contributed by atoms with Crippen molar-refractivity contribution in [1.82, 2.24) is 0 Å². The van der Waals surface area contributed by atoms with E-state index in [0.29, 0.717) is 0 Å². The monoisotopic (exact) mass is 1100 g/mol. The van der Waals surface area contributed by atoms with Gasteiger partial charge in [0.25, 0.3) is 0 Å². The molecule has 0 spiro atoms. The van der Waals surface area contributed by atoms with Gasteiger partial charge in [0.15, 0.2) is 109 Å². The van der Waals surface area contributed by atoms with E-state index in [0.717, 1.165) is 0 Å². The summed E-state index contributed by atoms with van der Waals surface area (Å²) in [4.78, 5) is 0. The van der Waals surface area contributed by atoms with Gasteiger partial charge < -0.3 is 158 Å². The van der Waals surface area contributed by atoms with Crippen molar-refractivity contribution < 1.29 is 158 Å². The van der Waals surface area contributed by atoms with Crippen molar-refractivity contribution >= 4 is 54.3 Å². The maximum atomic E-state index is 12.0. The number of rotatable bonds is 4. The molecule has 9 aromatic carbocycles. The number of fused-ring (bicyclic) bond motifs is 7. The van der Waals surface area contributed by atoms with E-state index in [9.17, 15) is 153 Å². The lowest BCUT2D eigenvalue weighted by Gasteiger charge is -2.26. The van der Waals surface area contributed by atoms with Crippen molar-refractivity contribution in [2.45, 2.75) is 0 Å². The summed E-state index contributed by atoms with van der Waals surface area (Å²) in [5.74, 6) is -53.3. The molecular formula is C48H30O31. The van der Waals surface area contributed by atoms with Crippen molar-refractivity contribution in [1.29, 1.82) is 0 Å². The number of benzene rings is 9. The van der Waals surface area contributed by atoms with E-state index in [1.165, 1.54) is 0 Å². The fourth-order valence-corrected chi connectivity index (χ4v) is 9.72. The minimum atomic E-state index is -1.99. The largest absolute Gasteiger partial charge is 0.504 e. The average Bonchev–Trinajstić information content (AvgIpc) is 3.46. The molecule has 31 heteroatoms. The molecule has 0 saturated heterocycles. The first kappa shape index (κ1) is 50.1. The Labute approximate surface area is 428 Å². The van der Waals surface area contributed by atoms with E-state index in [1.807, 2.05) is 0 Å². The summed E-state index contributed by atoms with van der Waals surface area (Å²) < 4.78 is 5.68. The van der Waals surface area contributed by atoms with Crippen LogP contribution in [-0.4, -0.2) is 153 Å². The Morgan fingerprint density at radius 3 is 0.671 bits per heavy atom. The summed E-state index contributed by atoms with van der Waals surface area (Å²) in [5.41, 5.74) is -15.2. The molecule has 31 nitrogen and oxygen atoms in total. The highest BCUT2D eigenvalue weighted by Crippen LogP contribution is 2.71. The fraction of sp³-hybridized carbons (Fsp3) is 0. The zero-order valence-electron chi connectivity index (χ0n) is 37.8. The van der Waals surface area contributed by atoms with Gasteiger partial charge in [-0.25, -0.2) is 0 Å². The molecule has 10 aromatic rings. The van der Waals surface area contributed by atoms with Crippen LogP contribution in [-0.2, 0) is 0 Å². The molecule has 0 fully saturated rings. The van der Waals surface area contributed by atoms with Crippen LogP contribution < -0.4 is 0 Å². The zero-order chi connectivity index (χ0) is 58.4. The van der Waals surface area contributed by atoms with Crippen LogP contribution in [0.3, 0.4) is 0 Å². The van der Waals surface area contributed by atoms with Crippen molar-refractivity contribution in [2.75, 3.05) is 0 Å². The Bertz CT molecular complexity index is 4450. The van der Waals surface area contributed by atoms with Crippen LogP contribution in [0, 0.1) is 0 Å². The van der Waals surface area contributed by atoms with Gasteiger partial charge in [-0.05, 0) is 0 Å². The summed E-state index contributed by atoms with van der Waals surface area (Å²) in [7, 11) is 0. The first-order valence-corrected chi connectivity index (χ1v) is 21.1. The lowest BCUT2D eigenvalue weighted by Crippen LogP contribution is -1.98. The molecule has 0 aliphatic carbocycles. The Balaban J connectivity index is 1.52. The molecule has 30 N–H and O–H groups in total. The van der Waals surface area contributed by atoms with Crippen LogP contribution in [0.15, 0.2) is 4.42 Å². The minimum absolute atomic E-state index is 1.07. The smallest absolute Gasteiger partial charge is 0.208 e. The number of phenolic OH excluding ortho intramolecular Hbond substituents is 30. The normalized spacial score (nSPS) is 11.8. The van der Waals surface area contributed by atoms with Gasteiger partial charge in [0.05, 0.1) is 32.8 Å². The quantitative estimate of drug-likeness (QED) is 0.0634. The second-order valence-corrected chi connectivity index (χ2v) is 17.2. The predicted molar refractivity (Wildman–Crippen MR) is 258 cm³/mol. The molecular weight excluding hydrogens is 1070 g/mol. The van der Waals surface area contributed by atoms with E-state index in [-0.39, 0.29) is 0 Å². The second kappa shape index (κ2) is 15.6. The van der Waals surface area contributed by atoms with Crippen LogP contribution in [0.5, 0.6) is 172 Å². The predicted octanol–water partition coefficient (Wildman–Crippen LogP) is 4.88. The summed E-state index contributed by atoms with van der Waals surface area (Å²) in [5, 5.41) is 326. The van der Waals surface area contributed by atoms with E-state index < -0.39 is 271 Å². The summed E-state index contributed by atoms with van der Waals surface area (Å²) >= 11 is 0. The molecule has 1 heterocycles. The van der Waals surface area contributed by atoms with Gasteiger partial charge in [-0.15, -0.1) is 0 Å². The molecule has 10 rings (SSSR count). The Kier molecular flexibility index (Phi) is 9.86. The molecule has 0 aliphatic heterocycles. The van der Waals surface area contributed by atoms with E-state index >= 15 is 0 Å². The molecule has 1 aromatic heterocycles. The van der Waals surface area contributed by atoms with Gasteiger partial charge in [-0.1, -0.05) is 0 Å². The molecule has 0 aliphatic rings. The van der Waals surface area contributed by atoms with Gasteiger partial charge in [0.1, 0.15) is 0 Å². The highest BCUT2D eigenvalue weighted by atomic mass is 16.4. The lowest BCUT2D eigenvalue weighted by molar-refractivity contribution is 0.329. The number of hydrogen-bond donors (Lipinski definition) is 30. The van der Waals surface area contributed by atoms with Crippen LogP contribution in [0.1, 0.15) is 0 Å². The van der Waals surface area contributed by atoms with Gasteiger partial charge in [-0.3, -0.25) is 0 Å². The van der Waals surface area contributed by atoms with Gasteiger partial charge in [-0.2, -0.15) is 0 Å². The highest BCUT2D eigenvalue weighted by molar-refractivity contribution is 6.35. The number of aromatic hydroxyl groups is 30. The first-order valence-electron chi connectivity index (χ1n) is 21.1. The summed E-state index contributed by atoms with van der Waals surface area (Å²) in [6, 6.07) is 0. The number of hydrogen-bond acceptors (Lipinski definition) is 31. The standard InChI is InChI=1S/C48H30O31/c49-17-3-1(7-9(23(55)39(71)38(70)21(7)53)11-24(56)26(58)12(27(59)25(11)57)13-29(61)41(73)45(77)42(74)30(13)62)4-6(20(52)37(69)35(67)18(4)50)2(5(3)19(51)36(68)34(17)66)8-10-15-32(64)28(60)14-16(33(65)43(75)40(72)31(14)63)47(15)79-48(10)46(78)44(76)22(8)54/h49-78H. The Morgan fingerprint density at radius 2 is 0.304 bits per heavy atom. The maximum Gasteiger partial charge on any atom is 0.208 e. The van der Waals surface area contributed by atoms with E-state index in [1.54, 1.807) is 0 Å². The molecule has 0 amide bonds. The van der Waals surface area contributed by atoms with E-state index in [2.05, 4.69) is 0 Å². The highest BCUT2D eigenvalue weighted by Gasteiger charge is 2.42. The molecule has 0 bridgehead atoms. The Hall–Kier alpha value is -12.4. The topological polar surface area (TPSA) is 620 Å². The first-order chi connectivity index (χ1) is 36.8. The molecule has 0 atom stereocenters. The van der Waals surface area contributed by atoms with Crippen LogP contribution in [0.2, 0.25) is 0 Å². The summed E-state index contributed by atoms with van der Waals surface area (Å²) in [6.45, 7) is 0. The SMILES string of the molecule is Oc1c(O)c(O)c(-c2c(O)c(O)c(-c3c(O)c(O)c(O)c(O)c3-c3c4c(O)c(O)c(O)c(O)c4c(-c4c(O)c(O)c(O)c5oc6c7c(O)c(O)c(O)c(O)c7c(O)c(O)c6c45)c4c(O)c(O)c(O)c(O)c34)c(O)c2O)c(O)c1O. The molecule has 0 unspecified atom stereocenters. The number of furan rings is 1. The third kappa shape index (κ3) is 5.70. The molecule has 79 heavy (non-hydrogen) atoms. The van der Waals surface area contributed by atoms with E-state index in [4.69, 9.17) is 4.42 Å². The second-order valence-electron chi connectivity index (χ2n) is 17.2. The minimum Gasteiger partial charge on any atom is -0.504 e. The van der Waals surface area contributed by atoms with Crippen molar-refractivity contribution in [2.24, 2.45) is 0 Å². The van der Waals surface area contributed by atoms with Crippen molar-refractivity contribution in [3.8, 4) is 217 Å². The maximum absolute atomic E-state index is 12.0. The molecule has 0 saturated carbocycles.